The van der Waals surface area contributed by atoms with Gasteiger partial charge in [-0.2, -0.15) is 0 Å². The summed E-state index contributed by atoms with van der Waals surface area (Å²) in [4.78, 5) is 25.7. The van der Waals surface area contributed by atoms with Gasteiger partial charge in [0.15, 0.2) is 0 Å². The zero-order valence-corrected chi connectivity index (χ0v) is 11.8. The smallest absolute Gasteiger partial charge is 0.240 e. The minimum Gasteiger partial charge on any atom is -0.392 e. The summed E-state index contributed by atoms with van der Waals surface area (Å²) in [6.07, 6.45) is 2.50. The highest BCUT2D eigenvalue weighted by Gasteiger charge is 2.45. The Morgan fingerprint density at radius 1 is 1.33 bits per heavy atom. The number of hydrogen-bond donors (Lipinski definition) is 2. The first kappa shape index (κ1) is 14.9. The van der Waals surface area contributed by atoms with E-state index in [1.807, 2.05) is 13.8 Å². The third-order valence-corrected chi connectivity index (χ3v) is 4.32. The maximum Gasteiger partial charge on any atom is 0.240 e. The first-order chi connectivity index (χ1) is 8.40. The second-order valence-electron chi connectivity index (χ2n) is 4.71. The van der Waals surface area contributed by atoms with E-state index < -0.39 is 17.4 Å². The molecule has 0 aromatic rings. The first-order valence-corrected chi connectivity index (χ1v) is 6.71. The van der Waals surface area contributed by atoms with Crippen molar-refractivity contribution in [2.45, 2.75) is 45.6 Å². The summed E-state index contributed by atoms with van der Waals surface area (Å²) in [5.41, 5.74) is 10.2. The summed E-state index contributed by atoms with van der Waals surface area (Å²) < 4.78 is 0. The fourth-order valence-corrected chi connectivity index (χ4v) is 2.96. The molecule has 1 aliphatic rings. The number of carbonyl (C=O) groups excluding carboxylic acids is 2. The van der Waals surface area contributed by atoms with Gasteiger partial charge >= 0.3 is 0 Å². The van der Waals surface area contributed by atoms with Gasteiger partial charge in [0.1, 0.15) is 6.04 Å². The molecule has 1 saturated heterocycles. The van der Waals surface area contributed by atoms with E-state index in [-0.39, 0.29) is 10.9 Å². The van der Waals surface area contributed by atoms with Gasteiger partial charge in [0.2, 0.25) is 11.8 Å². The minimum absolute atomic E-state index is 0.152. The predicted octanol–water partition coefficient (Wildman–Crippen LogP) is 0.555. The fraction of sp³-hybridized carbons (Fsp3) is 0.750. The number of carbonyl (C=O) groups is 2. The molecular weight excluding hydrogens is 250 g/mol. The quantitative estimate of drug-likeness (QED) is 0.715. The van der Waals surface area contributed by atoms with Crippen molar-refractivity contribution in [3.8, 4) is 0 Å². The molecule has 0 saturated carbocycles. The minimum atomic E-state index is -0.840. The van der Waals surface area contributed by atoms with Crippen LogP contribution in [-0.2, 0) is 9.59 Å². The van der Waals surface area contributed by atoms with Crippen LogP contribution in [0.2, 0.25) is 0 Å². The highest BCUT2D eigenvalue weighted by Crippen LogP contribution is 2.32. The van der Waals surface area contributed by atoms with Crippen molar-refractivity contribution in [3.63, 3.8) is 0 Å². The van der Waals surface area contributed by atoms with Crippen molar-refractivity contribution in [3.05, 3.63) is 0 Å². The van der Waals surface area contributed by atoms with Crippen molar-refractivity contribution >= 4 is 29.0 Å². The summed E-state index contributed by atoms with van der Waals surface area (Å²) in [5.74, 6) is -0.605. The Morgan fingerprint density at radius 3 is 2.28 bits per heavy atom. The van der Waals surface area contributed by atoms with Crippen LogP contribution in [0, 0.1) is 5.41 Å². The summed E-state index contributed by atoms with van der Waals surface area (Å²) >= 11 is 5.06. The van der Waals surface area contributed by atoms with Crippen LogP contribution in [0.5, 0.6) is 0 Å². The van der Waals surface area contributed by atoms with Gasteiger partial charge in [-0.05, 0) is 25.7 Å². The standard InChI is InChI=1S/C12H21N3O2S/c1-3-12(4-2,10(14)18)11(17)15-7-5-6-8(15)9(13)16/h8H,3-7H2,1-2H3,(H2,13,16)(H2,14,18). The van der Waals surface area contributed by atoms with Crippen LogP contribution in [-0.4, -0.2) is 34.3 Å². The number of nitrogens with two attached hydrogens (primary N) is 2. The lowest BCUT2D eigenvalue weighted by molar-refractivity contribution is -0.143. The molecule has 4 N–H and O–H groups in total. The van der Waals surface area contributed by atoms with E-state index >= 15 is 0 Å². The molecule has 0 aromatic carbocycles. The summed E-state index contributed by atoms with van der Waals surface area (Å²) in [6.45, 7) is 4.32. The Bertz CT molecular complexity index is 366. The van der Waals surface area contributed by atoms with Gasteiger partial charge in [-0.3, -0.25) is 9.59 Å². The summed E-state index contributed by atoms with van der Waals surface area (Å²) in [7, 11) is 0. The molecule has 6 heteroatoms. The Balaban J connectivity index is 3.04. The molecule has 5 nitrogen and oxygen atoms in total. The van der Waals surface area contributed by atoms with Crippen molar-refractivity contribution < 1.29 is 9.59 Å². The van der Waals surface area contributed by atoms with Crippen molar-refractivity contribution in [1.29, 1.82) is 0 Å². The average Bonchev–Trinajstić information content (AvgIpc) is 2.79. The second-order valence-corrected chi connectivity index (χ2v) is 5.15. The number of hydrogen-bond acceptors (Lipinski definition) is 3. The van der Waals surface area contributed by atoms with E-state index in [0.29, 0.717) is 25.8 Å². The zero-order valence-electron chi connectivity index (χ0n) is 10.9. The maximum absolute atomic E-state index is 12.6. The zero-order chi connectivity index (χ0) is 13.9. The molecule has 0 aromatic heterocycles. The van der Waals surface area contributed by atoms with E-state index in [2.05, 4.69) is 0 Å². The summed E-state index contributed by atoms with van der Waals surface area (Å²) in [6, 6.07) is -0.510. The Kier molecular flexibility index (Phi) is 4.67. The Hall–Kier alpha value is -1.17. The van der Waals surface area contributed by atoms with Gasteiger partial charge in [-0.25, -0.2) is 0 Å². The van der Waals surface area contributed by atoms with Gasteiger partial charge in [-0.1, -0.05) is 26.1 Å². The molecular formula is C12H21N3O2S. The molecule has 0 spiro atoms. The monoisotopic (exact) mass is 271 g/mol. The van der Waals surface area contributed by atoms with Crippen molar-refractivity contribution in [1.82, 2.24) is 4.90 Å². The van der Waals surface area contributed by atoms with Crippen molar-refractivity contribution in [2.24, 2.45) is 16.9 Å². The van der Waals surface area contributed by atoms with Gasteiger partial charge in [0.25, 0.3) is 0 Å². The largest absolute Gasteiger partial charge is 0.392 e. The SMILES string of the molecule is CCC(CC)(C(=O)N1CCCC1C(N)=O)C(N)=S. The number of thiocarbonyl (C=S) groups is 1. The molecule has 2 amide bonds. The molecule has 0 bridgehead atoms. The highest BCUT2D eigenvalue weighted by molar-refractivity contribution is 7.80. The van der Waals surface area contributed by atoms with Crippen LogP contribution in [0.3, 0.4) is 0 Å². The molecule has 1 atom stereocenters. The Labute approximate surface area is 113 Å². The van der Waals surface area contributed by atoms with E-state index in [9.17, 15) is 9.59 Å². The van der Waals surface area contributed by atoms with Crippen LogP contribution in [0.25, 0.3) is 0 Å². The maximum atomic E-state index is 12.6. The number of rotatable bonds is 5. The predicted molar refractivity (Wildman–Crippen MR) is 73.7 cm³/mol. The van der Waals surface area contributed by atoms with Crippen LogP contribution in [0.1, 0.15) is 39.5 Å². The van der Waals surface area contributed by atoms with Crippen LogP contribution in [0.15, 0.2) is 0 Å². The number of primary amides is 1. The lowest BCUT2D eigenvalue weighted by Crippen LogP contribution is -2.54. The van der Waals surface area contributed by atoms with Crippen molar-refractivity contribution in [2.75, 3.05) is 6.54 Å². The lowest BCUT2D eigenvalue weighted by Gasteiger charge is -2.35. The third kappa shape index (κ3) is 2.34. The van der Waals surface area contributed by atoms with E-state index in [1.165, 1.54) is 0 Å². The van der Waals surface area contributed by atoms with Crippen LogP contribution < -0.4 is 11.5 Å². The molecule has 0 aliphatic carbocycles. The molecule has 1 fully saturated rings. The Morgan fingerprint density at radius 2 is 1.89 bits per heavy atom. The normalized spacial score (nSPS) is 19.9. The lowest BCUT2D eigenvalue weighted by atomic mass is 9.80. The average molecular weight is 271 g/mol. The molecule has 102 valence electrons. The van der Waals surface area contributed by atoms with Gasteiger partial charge in [-0.15, -0.1) is 0 Å². The van der Waals surface area contributed by atoms with Gasteiger partial charge < -0.3 is 16.4 Å². The molecule has 0 radical (unpaired) electrons. The molecule has 18 heavy (non-hydrogen) atoms. The first-order valence-electron chi connectivity index (χ1n) is 6.31. The molecule has 1 aliphatic heterocycles. The molecule has 1 unspecified atom stereocenters. The number of likely N-dealkylation sites (tertiary alicyclic amines) is 1. The second kappa shape index (κ2) is 5.65. The van der Waals surface area contributed by atoms with E-state index in [1.54, 1.807) is 4.90 Å². The molecule has 1 rings (SSSR count). The number of amides is 2. The van der Waals surface area contributed by atoms with Crippen LogP contribution in [0.4, 0.5) is 0 Å². The van der Waals surface area contributed by atoms with Gasteiger partial charge in [0.05, 0.1) is 10.4 Å². The number of nitrogens with zero attached hydrogens (tertiary/aromatic N) is 1. The van der Waals surface area contributed by atoms with Gasteiger partial charge in [0, 0.05) is 6.54 Å². The summed E-state index contributed by atoms with van der Waals surface area (Å²) in [5, 5.41) is 0. The van der Waals surface area contributed by atoms with Crippen LogP contribution >= 0.6 is 12.2 Å². The highest BCUT2D eigenvalue weighted by atomic mass is 32.1. The van der Waals surface area contributed by atoms with E-state index in [4.69, 9.17) is 23.7 Å². The fourth-order valence-electron chi connectivity index (χ4n) is 2.59. The molecule has 1 heterocycles. The van der Waals surface area contributed by atoms with E-state index in [0.717, 1.165) is 6.42 Å². The third-order valence-electron chi connectivity index (χ3n) is 3.93. The topological polar surface area (TPSA) is 89.4 Å².